The van der Waals surface area contributed by atoms with Gasteiger partial charge in [-0.15, -0.1) is 0 Å². The van der Waals surface area contributed by atoms with Gasteiger partial charge in [-0.3, -0.25) is 4.79 Å². The molecule has 1 aromatic rings. The first kappa shape index (κ1) is 15.8. The van der Waals surface area contributed by atoms with Crippen LogP contribution in [0.4, 0.5) is 0 Å². The zero-order chi connectivity index (χ0) is 16.4. The van der Waals surface area contributed by atoms with E-state index in [-0.39, 0.29) is 5.91 Å². The standard InChI is InChI=1S/C19H26N2O3/c22-19(16-7-4-8-17-18(16)24-13-12-23-17)21-11-5-6-15(21)14-20-9-2-1-3-10-20/h4,7-8,15H,1-3,5-6,9-14H2. The van der Waals surface area contributed by atoms with Crippen molar-refractivity contribution in [3.63, 3.8) is 0 Å². The third-order valence-corrected chi connectivity index (χ3v) is 5.35. The molecule has 0 radical (unpaired) electrons. The van der Waals surface area contributed by atoms with Gasteiger partial charge in [0, 0.05) is 19.1 Å². The Labute approximate surface area is 143 Å². The predicted molar refractivity (Wildman–Crippen MR) is 91.8 cm³/mol. The number of hydrogen-bond acceptors (Lipinski definition) is 4. The summed E-state index contributed by atoms with van der Waals surface area (Å²) in [5.41, 5.74) is 0.651. The number of likely N-dealkylation sites (tertiary alicyclic amines) is 2. The van der Waals surface area contributed by atoms with Crippen LogP contribution in [0.5, 0.6) is 11.5 Å². The van der Waals surface area contributed by atoms with Gasteiger partial charge in [0.05, 0.1) is 5.56 Å². The zero-order valence-corrected chi connectivity index (χ0v) is 14.2. The minimum absolute atomic E-state index is 0.0943. The van der Waals surface area contributed by atoms with Gasteiger partial charge in [0.2, 0.25) is 0 Å². The Kier molecular flexibility index (Phi) is 4.60. The second-order valence-electron chi connectivity index (χ2n) is 6.99. The van der Waals surface area contributed by atoms with Crippen molar-refractivity contribution in [2.24, 2.45) is 0 Å². The number of carbonyl (C=O) groups is 1. The van der Waals surface area contributed by atoms with E-state index in [0.29, 0.717) is 36.3 Å². The van der Waals surface area contributed by atoms with Crippen LogP contribution in [0.3, 0.4) is 0 Å². The van der Waals surface area contributed by atoms with Crippen molar-refractivity contribution in [2.45, 2.75) is 38.1 Å². The van der Waals surface area contributed by atoms with Crippen LogP contribution >= 0.6 is 0 Å². The molecular formula is C19H26N2O3. The summed E-state index contributed by atoms with van der Waals surface area (Å²) in [6.45, 7) is 5.27. The number of ether oxygens (including phenoxy) is 2. The number of rotatable bonds is 3. The first-order chi connectivity index (χ1) is 11.8. The molecule has 3 aliphatic heterocycles. The average molecular weight is 330 g/mol. The van der Waals surface area contributed by atoms with E-state index in [0.717, 1.165) is 25.9 Å². The van der Waals surface area contributed by atoms with E-state index in [1.165, 1.54) is 32.4 Å². The molecule has 4 rings (SSSR count). The summed E-state index contributed by atoms with van der Waals surface area (Å²) in [5.74, 6) is 1.41. The normalized spacial score (nSPS) is 24.2. The highest BCUT2D eigenvalue weighted by Crippen LogP contribution is 2.35. The Morgan fingerprint density at radius 3 is 2.75 bits per heavy atom. The third-order valence-electron chi connectivity index (χ3n) is 5.35. The van der Waals surface area contributed by atoms with E-state index in [1.54, 1.807) is 0 Å². The second-order valence-corrected chi connectivity index (χ2v) is 6.99. The molecule has 1 amide bonds. The minimum Gasteiger partial charge on any atom is -0.486 e. The van der Waals surface area contributed by atoms with E-state index in [4.69, 9.17) is 9.47 Å². The highest BCUT2D eigenvalue weighted by molar-refractivity contribution is 5.98. The molecule has 0 spiro atoms. The summed E-state index contributed by atoms with van der Waals surface area (Å²) in [6, 6.07) is 5.96. The SMILES string of the molecule is O=C(c1cccc2c1OCCO2)N1CCCC1CN1CCCCC1. The van der Waals surface area contributed by atoms with Crippen molar-refractivity contribution >= 4 is 5.91 Å². The van der Waals surface area contributed by atoms with Crippen molar-refractivity contribution in [3.05, 3.63) is 23.8 Å². The number of benzene rings is 1. The fourth-order valence-corrected chi connectivity index (χ4v) is 4.13. The zero-order valence-electron chi connectivity index (χ0n) is 14.2. The molecule has 1 aromatic carbocycles. The molecule has 0 N–H and O–H groups in total. The molecule has 0 saturated carbocycles. The monoisotopic (exact) mass is 330 g/mol. The second kappa shape index (κ2) is 7.01. The first-order valence-corrected chi connectivity index (χ1v) is 9.25. The first-order valence-electron chi connectivity index (χ1n) is 9.25. The van der Waals surface area contributed by atoms with E-state index < -0.39 is 0 Å². The summed E-state index contributed by atoms with van der Waals surface area (Å²) in [5, 5.41) is 0. The van der Waals surface area contributed by atoms with Gasteiger partial charge < -0.3 is 19.3 Å². The van der Waals surface area contributed by atoms with Crippen molar-refractivity contribution in [2.75, 3.05) is 39.4 Å². The Morgan fingerprint density at radius 1 is 1.04 bits per heavy atom. The molecule has 1 unspecified atom stereocenters. The Morgan fingerprint density at radius 2 is 1.88 bits per heavy atom. The van der Waals surface area contributed by atoms with Crippen molar-refractivity contribution in [1.82, 2.24) is 9.80 Å². The van der Waals surface area contributed by atoms with Crippen LogP contribution in [-0.2, 0) is 0 Å². The molecule has 2 saturated heterocycles. The van der Waals surface area contributed by atoms with E-state index in [9.17, 15) is 4.79 Å². The Hall–Kier alpha value is -1.75. The van der Waals surface area contributed by atoms with Crippen LogP contribution in [-0.4, -0.2) is 61.1 Å². The van der Waals surface area contributed by atoms with E-state index in [2.05, 4.69) is 9.80 Å². The van der Waals surface area contributed by atoms with E-state index >= 15 is 0 Å². The minimum atomic E-state index is 0.0943. The Bertz CT molecular complexity index is 598. The number of amides is 1. The number of nitrogens with zero attached hydrogens (tertiary/aromatic N) is 2. The third kappa shape index (κ3) is 3.09. The molecule has 1 atom stereocenters. The van der Waals surface area contributed by atoms with Crippen molar-refractivity contribution in [3.8, 4) is 11.5 Å². The van der Waals surface area contributed by atoms with Gasteiger partial charge in [-0.1, -0.05) is 12.5 Å². The molecule has 0 aromatic heterocycles. The number of hydrogen-bond donors (Lipinski definition) is 0. The van der Waals surface area contributed by atoms with Crippen LogP contribution in [0.25, 0.3) is 0 Å². The van der Waals surface area contributed by atoms with Gasteiger partial charge in [0.15, 0.2) is 11.5 Å². The maximum absolute atomic E-state index is 13.1. The van der Waals surface area contributed by atoms with Gasteiger partial charge >= 0.3 is 0 Å². The number of piperidine rings is 1. The summed E-state index contributed by atoms with van der Waals surface area (Å²) in [4.78, 5) is 17.7. The molecule has 2 fully saturated rings. The highest BCUT2D eigenvalue weighted by atomic mass is 16.6. The maximum atomic E-state index is 13.1. The highest BCUT2D eigenvalue weighted by Gasteiger charge is 2.33. The number of carbonyl (C=O) groups excluding carboxylic acids is 1. The van der Waals surface area contributed by atoms with Gasteiger partial charge in [0.1, 0.15) is 13.2 Å². The van der Waals surface area contributed by atoms with Crippen LogP contribution in [0, 0.1) is 0 Å². The average Bonchev–Trinajstić information content (AvgIpc) is 3.09. The van der Waals surface area contributed by atoms with Gasteiger partial charge in [0.25, 0.3) is 5.91 Å². The lowest BCUT2D eigenvalue weighted by Gasteiger charge is -2.33. The summed E-state index contributed by atoms with van der Waals surface area (Å²) >= 11 is 0. The molecule has 5 nitrogen and oxygen atoms in total. The molecule has 130 valence electrons. The summed E-state index contributed by atoms with van der Waals surface area (Å²) in [7, 11) is 0. The molecule has 0 bridgehead atoms. The fraction of sp³-hybridized carbons (Fsp3) is 0.632. The maximum Gasteiger partial charge on any atom is 0.258 e. The molecular weight excluding hydrogens is 304 g/mol. The van der Waals surface area contributed by atoms with Crippen LogP contribution < -0.4 is 9.47 Å². The number of fused-ring (bicyclic) bond motifs is 1. The molecule has 5 heteroatoms. The van der Waals surface area contributed by atoms with Crippen molar-refractivity contribution in [1.29, 1.82) is 0 Å². The van der Waals surface area contributed by atoms with Crippen LogP contribution in [0.2, 0.25) is 0 Å². The van der Waals surface area contributed by atoms with Crippen LogP contribution in [0.1, 0.15) is 42.5 Å². The molecule has 0 aliphatic carbocycles. The quantitative estimate of drug-likeness (QED) is 0.854. The molecule has 3 heterocycles. The largest absolute Gasteiger partial charge is 0.486 e. The summed E-state index contributed by atoms with van der Waals surface area (Å²) in [6.07, 6.45) is 6.12. The van der Waals surface area contributed by atoms with Crippen molar-refractivity contribution < 1.29 is 14.3 Å². The fourth-order valence-electron chi connectivity index (χ4n) is 4.13. The smallest absolute Gasteiger partial charge is 0.258 e. The predicted octanol–water partition coefficient (Wildman–Crippen LogP) is 2.55. The van der Waals surface area contributed by atoms with Gasteiger partial charge in [-0.05, 0) is 50.9 Å². The van der Waals surface area contributed by atoms with Crippen LogP contribution in [0.15, 0.2) is 18.2 Å². The lowest BCUT2D eigenvalue weighted by molar-refractivity contribution is 0.0680. The lowest BCUT2D eigenvalue weighted by Crippen LogP contribution is -2.44. The van der Waals surface area contributed by atoms with E-state index in [1.807, 2.05) is 18.2 Å². The molecule has 3 aliphatic rings. The van der Waals surface area contributed by atoms with Gasteiger partial charge in [-0.25, -0.2) is 0 Å². The summed E-state index contributed by atoms with van der Waals surface area (Å²) < 4.78 is 11.4. The van der Waals surface area contributed by atoms with Gasteiger partial charge in [-0.2, -0.15) is 0 Å². The number of para-hydroxylation sites is 1. The molecule has 24 heavy (non-hydrogen) atoms. The Balaban J connectivity index is 1.51. The topological polar surface area (TPSA) is 42.0 Å². The lowest BCUT2D eigenvalue weighted by atomic mass is 10.1.